The van der Waals surface area contributed by atoms with E-state index in [0.717, 1.165) is 17.7 Å². The van der Waals surface area contributed by atoms with Crippen molar-refractivity contribution in [1.29, 1.82) is 0 Å². The average molecular weight is 456 g/mol. The van der Waals surface area contributed by atoms with Gasteiger partial charge >= 0.3 is 0 Å². The predicted octanol–water partition coefficient (Wildman–Crippen LogP) is 6.81. The van der Waals surface area contributed by atoms with Gasteiger partial charge in [-0.3, -0.25) is 9.78 Å². The third-order valence-corrected chi connectivity index (χ3v) is 5.80. The minimum atomic E-state index is -0.187. The van der Waals surface area contributed by atoms with Gasteiger partial charge in [0.1, 0.15) is 11.4 Å². The maximum absolute atomic E-state index is 12.7. The number of hydrogen-bond donors (Lipinski definition) is 0. The van der Waals surface area contributed by atoms with E-state index in [0.29, 0.717) is 35.0 Å². The van der Waals surface area contributed by atoms with Crippen molar-refractivity contribution in [3.05, 3.63) is 66.3 Å². The summed E-state index contributed by atoms with van der Waals surface area (Å²) in [5.74, 6) is 1.13. The summed E-state index contributed by atoms with van der Waals surface area (Å²) < 4.78 is 9.03. The van der Waals surface area contributed by atoms with Crippen molar-refractivity contribution in [3.63, 3.8) is 0 Å². The molecule has 174 valence electrons. The van der Waals surface area contributed by atoms with E-state index in [2.05, 4.69) is 21.9 Å². The quantitative estimate of drug-likeness (QED) is 0.194. The molecule has 0 saturated heterocycles. The van der Waals surface area contributed by atoms with Gasteiger partial charge in [0.25, 0.3) is 0 Å². The molecule has 0 aliphatic heterocycles. The number of pyridine rings is 1. The van der Waals surface area contributed by atoms with E-state index in [4.69, 9.17) is 11.3 Å². The fourth-order valence-electron chi connectivity index (χ4n) is 4.11. The number of rotatable bonds is 10. The molecule has 0 aliphatic carbocycles. The Balaban J connectivity index is 1.59. The van der Waals surface area contributed by atoms with Gasteiger partial charge in [-0.15, -0.1) is 5.10 Å². The molecule has 0 amide bonds. The minimum absolute atomic E-state index is 0.187. The van der Waals surface area contributed by atoms with Crippen molar-refractivity contribution >= 4 is 17.2 Å². The summed E-state index contributed by atoms with van der Waals surface area (Å²) in [5.41, 5.74) is 2.96. The maximum atomic E-state index is 12.7. The number of fused-ring (bicyclic) bond motifs is 1. The van der Waals surface area contributed by atoms with Crippen LogP contribution in [0, 0.1) is 6.57 Å². The van der Waals surface area contributed by atoms with Crippen LogP contribution in [-0.4, -0.2) is 31.7 Å². The number of ether oxygens (including phenoxy) is 1. The zero-order valence-electron chi connectivity index (χ0n) is 19.7. The summed E-state index contributed by atoms with van der Waals surface area (Å²) in [7, 11) is 0. The van der Waals surface area contributed by atoms with Crippen LogP contribution in [0.2, 0.25) is 0 Å². The van der Waals surface area contributed by atoms with Gasteiger partial charge in [0.05, 0.1) is 24.4 Å². The molecule has 4 rings (SSSR count). The van der Waals surface area contributed by atoms with Gasteiger partial charge in [0.15, 0.2) is 5.82 Å². The Kier molecular flexibility index (Phi) is 7.38. The van der Waals surface area contributed by atoms with Crippen LogP contribution >= 0.6 is 0 Å². The topological polar surface area (TPSA) is 65.8 Å². The lowest BCUT2D eigenvalue weighted by Gasteiger charge is -2.08. The number of aromatic nitrogens is 4. The number of benzene rings is 1. The van der Waals surface area contributed by atoms with Gasteiger partial charge in [-0.25, -0.2) is 13.9 Å². The fraction of sp³-hybridized carbons (Fsp3) is 0.333. The molecule has 3 aromatic heterocycles. The van der Waals surface area contributed by atoms with E-state index in [1.807, 2.05) is 42.5 Å². The smallest absolute Gasteiger partial charge is 0.230 e. The molecular formula is C27H29N5O2. The minimum Gasteiger partial charge on any atom is -0.494 e. The highest BCUT2D eigenvalue weighted by Crippen LogP contribution is 2.37. The molecule has 0 N–H and O–H groups in total. The van der Waals surface area contributed by atoms with Crippen molar-refractivity contribution in [1.82, 2.24) is 19.2 Å². The van der Waals surface area contributed by atoms with Crippen molar-refractivity contribution in [3.8, 4) is 28.4 Å². The van der Waals surface area contributed by atoms with Crippen LogP contribution < -0.4 is 4.74 Å². The second-order valence-electron chi connectivity index (χ2n) is 8.30. The van der Waals surface area contributed by atoms with E-state index >= 15 is 0 Å². The van der Waals surface area contributed by atoms with Crippen LogP contribution in [0.15, 0.2) is 54.9 Å². The monoisotopic (exact) mass is 455 g/mol. The Morgan fingerprint density at radius 2 is 1.82 bits per heavy atom. The molecular weight excluding hydrogens is 426 g/mol. The van der Waals surface area contributed by atoms with Gasteiger partial charge in [0.2, 0.25) is 11.6 Å². The van der Waals surface area contributed by atoms with Crippen molar-refractivity contribution in [2.45, 2.75) is 52.4 Å². The lowest BCUT2D eigenvalue weighted by atomic mass is 10.1. The fourth-order valence-corrected chi connectivity index (χ4v) is 4.11. The number of unbranched alkanes of at least 4 members (excludes halogenated alkanes) is 5. The summed E-state index contributed by atoms with van der Waals surface area (Å²) in [6.45, 7) is 12.0. The van der Waals surface area contributed by atoms with Crippen LogP contribution in [0.25, 0.3) is 33.1 Å². The first-order chi connectivity index (χ1) is 16.6. The van der Waals surface area contributed by atoms with Crippen LogP contribution in [0.5, 0.6) is 5.75 Å². The first kappa shape index (κ1) is 23.2. The standard InChI is InChI=1S/C27H29N5O2/c1-4-5-6-7-8-11-18-34-22-15-13-21(14-16-22)26-30-31-19-24(28-3)25(23-12-9-10-17-29-23)27(31)32(26)20(2)33/h9-10,12-17,19H,4-8,11,18H2,1-2H3. The Morgan fingerprint density at radius 3 is 2.50 bits per heavy atom. The van der Waals surface area contributed by atoms with Gasteiger partial charge in [-0.05, 0) is 42.8 Å². The maximum Gasteiger partial charge on any atom is 0.230 e. The second-order valence-corrected chi connectivity index (χ2v) is 8.30. The molecule has 3 heterocycles. The molecule has 0 saturated carbocycles. The molecule has 0 aliphatic rings. The first-order valence-electron chi connectivity index (χ1n) is 11.8. The molecule has 0 bridgehead atoms. The molecule has 7 heteroatoms. The Labute approximate surface area is 199 Å². The van der Waals surface area contributed by atoms with Gasteiger partial charge in [-0.1, -0.05) is 45.1 Å². The van der Waals surface area contributed by atoms with E-state index < -0.39 is 0 Å². The Bertz CT molecular complexity index is 1300. The SMILES string of the molecule is [C-]#[N+]c1cn2nc(-c3ccc(OCCCCCCCC)cc3)n(C(C)=O)c2c1-c1ccccn1. The Hall–Kier alpha value is -3.92. The summed E-state index contributed by atoms with van der Waals surface area (Å²) >= 11 is 0. The summed E-state index contributed by atoms with van der Waals surface area (Å²) in [6, 6.07) is 13.1. The third kappa shape index (κ3) is 4.86. The number of carbonyl (C=O) groups is 1. The van der Waals surface area contributed by atoms with Crippen LogP contribution in [0.4, 0.5) is 5.69 Å². The normalized spacial score (nSPS) is 11.0. The zero-order chi connectivity index (χ0) is 23.9. The highest BCUT2D eigenvalue weighted by Gasteiger charge is 2.24. The van der Waals surface area contributed by atoms with E-state index in [9.17, 15) is 4.79 Å². The van der Waals surface area contributed by atoms with Crippen LogP contribution in [-0.2, 0) is 0 Å². The van der Waals surface area contributed by atoms with E-state index in [1.165, 1.54) is 39.0 Å². The summed E-state index contributed by atoms with van der Waals surface area (Å²) in [4.78, 5) is 20.8. The van der Waals surface area contributed by atoms with Gasteiger partial charge < -0.3 is 4.74 Å². The number of hydrogen-bond acceptors (Lipinski definition) is 4. The van der Waals surface area contributed by atoms with Gasteiger partial charge in [-0.2, -0.15) is 0 Å². The molecule has 0 radical (unpaired) electrons. The molecule has 4 aromatic rings. The molecule has 1 aromatic carbocycles. The van der Waals surface area contributed by atoms with Crippen LogP contribution in [0.3, 0.4) is 0 Å². The average Bonchev–Trinajstić information content (AvgIpc) is 3.40. The molecule has 34 heavy (non-hydrogen) atoms. The molecule has 7 nitrogen and oxygen atoms in total. The largest absolute Gasteiger partial charge is 0.494 e. The predicted molar refractivity (Wildman–Crippen MR) is 133 cm³/mol. The van der Waals surface area contributed by atoms with Crippen molar-refractivity contribution in [2.75, 3.05) is 6.61 Å². The highest BCUT2D eigenvalue weighted by molar-refractivity contribution is 5.96. The molecule has 0 fully saturated rings. The Morgan fingerprint density at radius 1 is 1.06 bits per heavy atom. The lowest BCUT2D eigenvalue weighted by molar-refractivity contribution is 0.0943. The van der Waals surface area contributed by atoms with Crippen molar-refractivity contribution in [2.24, 2.45) is 0 Å². The number of carbonyl (C=O) groups excluding carboxylic acids is 1. The molecule has 0 unspecified atom stereocenters. The first-order valence-corrected chi connectivity index (χ1v) is 11.8. The van der Waals surface area contributed by atoms with E-state index in [-0.39, 0.29) is 5.91 Å². The van der Waals surface area contributed by atoms with Crippen LogP contribution in [0.1, 0.15) is 57.2 Å². The van der Waals surface area contributed by atoms with Crippen molar-refractivity contribution < 1.29 is 9.53 Å². The van der Waals surface area contributed by atoms with E-state index in [1.54, 1.807) is 21.5 Å². The molecule has 0 atom stereocenters. The second kappa shape index (κ2) is 10.8. The summed E-state index contributed by atoms with van der Waals surface area (Å²) in [5, 5.41) is 4.65. The summed E-state index contributed by atoms with van der Waals surface area (Å²) in [6.07, 6.45) is 10.7. The third-order valence-electron chi connectivity index (χ3n) is 5.80. The molecule has 0 spiro atoms. The zero-order valence-corrected chi connectivity index (χ0v) is 19.7. The number of nitrogens with zero attached hydrogens (tertiary/aromatic N) is 5. The van der Waals surface area contributed by atoms with Gasteiger partial charge in [0, 0.05) is 24.9 Å². The lowest BCUT2D eigenvalue weighted by Crippen LogP contribution is -2.08. The highest BCUT2D eigenvalue weighted by atomic mass is 16.5.